The molecule has 0 saturated carbocycles. The summed E-state index contributed by atoms with van der Waals surface area (Å²) in [5.74, 6) is -0.340. The molecule has 2 aromatic rings. The Morgan fingerprint density at radius 2 is 2.14 bits per heavy atom. The normalized spacial score (nSPS) is 14.9. The zero-order chi connectivity index (χ0) is 20.6. The zero-order valence-electron chi connectivity index (χ0n) is 16.0. The Bertz CT molecular complexity index is 926. The Hall–Kier alpha value is -3.74. The van der Waals surface area contributed by atoms with Crippen LogP contribution in [-0.4, -0.2) is 57.1 Å². The van der Waals surface area contributed by atoms with E-state index in [1.165, 1.54) is 6.20 Å². The van der Waals surface area contributed by atoms with Crippen molar-refractivity contribution in [3.63, 3.8) is 0 Å². The zero-order valence-corrected chi connectivity index (χ0v) is 16.0. The number of benzene rings is 1. The molecule has 1 aliphatic heterocycles. The number of likely N-dealkylation sites (tertiary alicyclic amines) is 1. The van der Waals surface area contributed by atoms with Gasteiger partial charge in [-0.3, -0.25) is 9.59 Å². The van der Waals surface area contributed by atoms with Crippen LogP contribution < -0.4 is 5.32 Å². The van der Waals surface area contributed by atoms with Crippen LogP contribution in [0.3, 0.4) is 0 Å². The molecule has 1 fully saturated rings. The Kier molecular flexibility index (Phi) is 6.52. The number of nitrogens with one attached hydrogen (secondary N) is 2. The van der Waals surface area contributed by atoms with E-state index in [0.717, 1.165) is 0 Å². The highest BCUT2D eigenvalue weighted by Gasteiger charge is 2.29. The van der Waals surface area contributed by atoms with Gasteiger partial charge in [0, 0.05) is 19.3 Å². The van der Waals surface area contributed by atoms with Crippen molar-refractivity contribution in [3.05, 3.63) is 41.9 Å². The van der Waals surface area contributed by atoms with Crippen LogP contribution in [0.4, 0.5) is 5.69 Å². The van der Waals surface area contributed by atoms with Crippen molar-refractivity contribution in [1.29, 1.82) is 5.26 Å². The molecule has 10 heteroatoms. The minimum absolute atomic E-state index is 0.137. The number of anilines is 1. The average Bonchev–Trinajstić information content (AvgIpc) is 3.29. The van der Waals surface area contributed by atoms with Gasteiger partial charge in [0.25, 0.3) is 5.91 Å². The molecule has 2 heterocycles. The van der Waals surface area contributed by atoms with E-state index in [1.54, 1.807) is 36.1 Å². The molecule has 150 valence electrons. The first kappa shape index (κ1) is 20.0. The van der Waals surface area contributed by atoms with E-state index in [-0.39, 0.29) is 29.2 Å². The molecule has 0 atom stereocenters. The Morgan fingerprint density at radius 1 is 1.38 bits per heavy atom. The number of carbonyl (C=O) groups is 2. The van der Waals surface area contributed by atoms with E-state index in [4.69, 9.17) is 4.74 Å². The number of ether oxygens (including phenoxy) is 1. The number of aromatic amines is 1. The van der Waals surface area contributed by atoms with Gasteiger partial charge in [-0.2, -0.15) is 10.5 Å². The van der Waals surface area contributed by atoms with Gasteiger partial charge >= 0.3 is 5.97 Å². The van der Waals surface area contributed by atoms with E-state index >= 15 is 0 Å². The largest absolute Gasteiger partial charge is 0.466 e. The summed E-state index contributed by atoms with van der Waals surface area (Å²) in [6.07, 6.45) is 2.59. The van der Waals surface area contributed by atoms with E-state index in [1.807, 2.05) is 6.07 Å². The minimum Gasteiger partial charge on any atom is -0.466 e. The van der Waals surface area contributed by atoms with Crippen LogP contribution in [0.1, 0.15) is 35.9 Å². The van der Waals surface area contributed by atoms with E-state index < -0.39 is 0 Å². The van der Waals surface area contributed by atoms with Gasteiger partial charge in [0.2, 0.25) is 5.82 Å². The summed E-state index contributed by atoms with van der Waals surface area (Å²) in [6.45, 7) is 3.11. The number of para-hydroxylation sites is 1. The number of esters is 1. The number of nitrogens with zero attached hydrogens (tertiary/aromatic N) is 5. The molecule has 0 aliphatic carbocycles. The first-order valence-corrected chi connectivity index (χ1v) is 9.29. The first-order chi connectivity index (χ1) is 14.1. The Labute approximate surface area is 167 Å². The summed E-state index contributed by atoms with van der Waals surface area (Å²) < 4.78 is 5.07. The smallest absolute Gasteiger partial charge is 0.309 e. The van der Waals surface area contributed by atoms with Crippen LogP contribution in [0.5, 0.6) is 0 Å². The van der Waals surface area contributed by atoms with Crippen LogP contribution >= 0.6 is 0 Å². The van der Waals surface area contributed by atoms with Crippen molar-refractivity contribution in [2.45, 2.75) is 19.8 Å². The second-order valence-electron chi connectivity index (χ2n) is 6.41. The molecule has 0 radical (unpaired) electrons. The van der Waals surface area contributed by atoms with Gasteiger partial charge in [-0.1, -0.05) is 12.1 Å². The van der Waals surface area contributed by atoms with Crippen LogP contribution in [0.15, 0.2) is 30.5 Å². The highest BCUT2D eigenvalue weighted by atomic mass is 16.5. The fraction of sp³-hybridized carbons (Fsp3) is 0.368. The summed E-state index contributed by atoms with van der Waals surface area (Å²) in [5, 5.41) is 25.5. The summed E-state index contributed by atoms with van der Waals surface area (Å²) in [7, 11) is 0. The summed E-state index contributed by atoms with van der Waals surface area (Å²) in [6, 6.07) is 9.02. The van der Waals surface area contributed by atoms with Crippen molar-refractivity contribution >= 4 is 23.1 Å². The molecule has 1 aliphatic rings. The van der Waals surface area contributed by atoms with Crippen LogP contribution in [0, 0.1) is 17.2 Å². The summed E-state index contributed by atoms with van der Waals surface area (Å²) in [5.41, 5.74) is 1.21. The number of hydrogen-bond acceptors (Lipinski definition) is 8. The monoisotopic (exact) mass is 395 g/mol. The first-order valence-electron chi connectivity index (χ1n) is 9.29. The van der Waals surface area contributed by atoms with Gasteiger partial charge in [-0.05, 0) is 37.1 Å². The van der Waals surface area contributed by atoms with Gasteiger partial charge in [0.05, 0.1) is 23.8 Å². The van der Waals surface area contributed by atoms with Gasteiger partial charge in [-0.15, -0.1) is 10.2 Å². The lowest BCUT2D eigenvalue weighted by Crippen LogP contribution is -2.40. The van der Waals surface area contributed by atoms with Gasteiger partial charge in [-0.25, -0.2) is 0 Å². The molecular weight excluding hydrogens is 374 g/mol. The lowest BCUT2D eigenvalue weighted by molar-refractivity contribution is -0.149. The maximum Gasteiger partial charge on any atom is 0.309 e. The molecule has 1 aromatic heterocycles. The molecule has 0 unspecified atom stereocenters. The average molecular weight is 395 g/mol. The number of carbonyl (C=O) groups excluding carboxylic acids is 2. The Morgan fingerprint density at radius 3 is 2.79 bits per heavy atom. The van der Waals surface area contributed by atoms with E-state index in [2.05, 4.69) is 25.9 Å². The molecule has 1 saturated heterocycles. The molecule has 1 amide bonds. The minimum atomic E-state index is -0.197. The number of aromatic nitrogens is 4. The van der Waals surface area contributed by atoms with Gasteiger partial charge in [0.15, 0.2) is 0 Å². The summed E-state index contributed by atoms with van der Waals surface area (Å²) >= 11 is 0. The number of allylic oxidation sites excluding steroid dienone is 1. The number of tetrazole rings is 1. The predicted molar refractivity (Wildman–Crippen MR) is 103 cm³/mol. The van der Waals surface area contributed by atoms with Crippen LogP contribution in [0.2, 0.25) is 0 Å². The van der Waals surface area contributed by atoms with Gasteiger partial charge < -0.3 is 15.0 Å². The van der Waals surface area contributed by atoms with Crippen molar-refractivity contribution in [1.82, 2.24) is 25.5 Å². The second-order valence-corrected chi connectivity index (χ2v) is 6.41. The lowest BCUT2D eigenvalue weighted by Gasteiger charge is -2.31. The van der Waals surface area contributed by atoms with Crippen molar-refractivity contribution in [2.24, 2.45) is 5.92 Å². The highest BCUT2D eigenvalue weighted by molar-refractivity contribution is 6.00. The third kappa shape index (κ3) is 4.76. The molecule has 10 nitrogen and oxygen atoms in total. The summed E-state index contributed by atoms with van der Waals surface area (Å²) in [4.78, 5) is 26.6. The maximum atomic E-state index is 13.0. The van der Waals surface area contributed by atoms with Crippen molar-refractivity contribution < 1.29 is 14.3 Å². The van der Waals surface area contributed by atoms with Gasteiger partial charge in [0.1, 0.15) is 11.6 Å². The van der Waals surface area contributed by atoms with E-state index in [9.17, 15) is 14.9 Å². The molecule has 1 aromatic carbocycles. The number of piperidine rings is 1. The van der Waals surface area contributed by atoms with Crippen LogP contribution in [-0.2, 0) is 9.53 Å². The standard InChI is InChI=1S/C19H21N7O3/c1-2-29-19(28)13-7-9-26(10-8-13)18(27)15-5-3-4-6-16(15)21-12-14(11-20)17-22-24-25-23-17/h3-6,12-13,21H,2,7-10H2,1H3,(H,22,23,24,25). The molecular formula is C19H21N7O3. The maximum absolute atomic E-state index is 13.0. The second kappa shape index (κ2) is 9.45. The lowest BCUT2D eigenvalue weighted by atomic mass is 9.96. The molecule has 2 N–H and O–H groups in total. The molecule has 0 spiro atoms. The number of H-pyrrole nitrogens is 1. The number of rotatable bonds is 6. The van der Waals surface area contributed by atoms with Crippen molar-refractivity contribution in [2.75, 3.05) is 25.0 Å². The third-order valence-electron chi connectivity index (χ3n) is 4.64. The highest BCUT2D eigenvalue weighted by Crippen LogP contribution is 2.23. The molecule has 0 bridgehead atoms. The SMILES string of the molecule is CCOC(=O)C1CCN(C(=O)c2ccccc2NC=C(C#N)c2nn[nH]n2)CC1. The number of nitriles is 1. The Balaban J connectivity index is 1.70. The molecule has 29 heavy (non-hydrogen) atoms. The van der Waals surface area contributed by atoms with E-state index in [0.29, 0.717) is 43.8 Å². The van der Waals surface area contributed by atoms with Crippen LogP contribution in [0.25, 0.3) is 5.57 Å². The third-order valence-corrected chi connectivity index (χ3v) is 4.64. The predicted octanol–water partition coefficient (Wildman–Crippen LogP) is 1.59. The molecule has 3 rings (SSSR count). The fourth-order valence-corrected chi connectivity index (χ4v) is 3.12. The number of amides is 1. The topological polar surface area (TPSA) is 137 Å². The quantitative estimate of drug-likeness (QED) is 0.556. The fourth-order valence-electron chi connectivity index (χ4n) is 3.12. The number of hydrogen-bond donors (Lipinski definition) is 2. The van der Waals surface area contributed by atoms with Crippen molar-refractivity contribution in [3.8, 4) is 6.07 Å².